The van der Waals surface area contributed by atoms with Crippen molar-refractivity contribution in [1.29, 1.82) is 0 Å². The molecular formula is C13H18N2O2. The number of carbonyl (C=O) groups excluding carboxylic acids is 1. The van der Waals surface area contributed by atoms with E-state index in [0.717, 1.165) is 36.4 Å². The highest BCUT2D eigenvalue weighted by Crippen LogP contribution is 2.23. The Morgan fingerprint density at radius 3 is 2.88 bits per heavy atom. The molecule has 1 fully saturated rings. The maximum atomic E-state index is 11.9. The monoisotopic (exact) mass is 234 g/mol. The third-order valence-electron chi connectivity index (χ3n) is 3.02. The van der Waals surface area contributed by atoms with Crippen molar-refractivity contribution >= 4 is 5.91 Å². The normalized spacial score (nSPS) is 20.6. The largest absolute Gasteiger partial charge is 0.496 e. The summed E-state index contributed by atoms with van der Waals surface area (Å²) in [6.45, 7) is 3.59. The maximum absolute atomic E-state index is 11.9. The fraction of sp³-hybridized carbons (Fsp3) is 0.462. The summed E-state index contributed by atoms with van der Waals surface area (Å²) in [5.74, 6) is 0.898. The molecule has 2 rings (SSSR count). The average Bonchev–Trinajstić information content (AvgIpc) is 2.54. The number of hydrogen-bond acceptors (Lipinski definition) is 3. The van der Waals surface area contributed by atoms with Gasteiger partial charge < -0.3 is 15.4 Å². The molecule has 17 heavy (non-hydrogen) atoms. The molecule has 0 aromatic heterocycles. The highest BCUT2D eigenvalue weighted by Gasteiger charge is 2.22. The van der Waals surface area contributed by atoms with E-state index in [1.165, 1.54) is 0 Å². The molecule has 1 unspecified atom stereocenters. The second-order valence-corrected chi connectivity index (χ2v) is 4.26. The number of ether oxygens (including phenoxy) is 1. The predicted octanol–water partition coefficient (Wildman–Crippen LogP) is 1.15. The predicted molar refractivity (Wildman–Crippen MR) is 66.1 cm³/mol. The van der Waals surface area contributed by atoms with Gasteiger partial charge in [0, 0.05) is 6.54 Å². The molecule has 1 atom stereocenters. The lowest BCUT2D eigenvalue weighted by atomic mass is 10.0. The highest BCUT2D eigenvalue weighted by molar-refractivity contribution is 5.83. The van der Waals surface area contributed by atoms with Crippen LogP contribution in [0.15, 0.2) is 18.2 Å². The smallest absolute Gasteiger partial charge is 0.241 e. The zero-order chi connectivity index (χ0) is 12.3. The third-order valence-corrected chi connectivity index (χ3v) is 3.02. The SMILES string of the molecule is COc1ccc(C2NCCCNC2=O)cc1C. The Labute approximate surface area is 101 Å². The van der Waals surface area contributed by atoms with Gasteiger partial charge in [-0.05, 0) is 37.1 Å². The minimum Gasteiger partial charge on any atom is -0.496 e. The molecule has 1 amide bonds. The van der Waals surface area contributed by atoms with Crippen molar-refractivity contribution in [2.45, 2.75) is 19.4 Å². The van der Waals surface area contributed by atoms with Crippen LogP contribution in [0, 0.1) is 6.92 Å². The van der Waals surface area contributed by atoms with E-state index in [1.807, 2.05) is 25.1 Å². The lowest BCUT2D eigenvalue weighted by Gasteiger charge is -2.16. The van der Waals surface area contributed by atoms with Gasteiger partial charge >= 0.3 is 0 Å². The number of benzene rings is 1. The number of amides is 1. The summed E-state index contributed by atoms with van der Waals surface area (Å²) in [7, 11) is 1.65. The van der Waals surface area contributed by atoms with Crippen LogP contribution in [0.5, 0.6) is 5.75 Å². The summed E-state index contributed by atoms with van der Waals surface area (Å²) < 4.78 is 5.22. The molecule has 0 spiro atoms. The first-order valence-corrected chi connectivity index (χ1v) is 5.88. The van der Waals surface area contributed by atoms with Crippen molar-refractivity contribution in [3.05, 3.63) is 29.3 Å². The molecule has 2 N–H and O–H groups in total. The van der Waals surface area contributed by atoms with Crippen LogP contribution in [0.25, 0.3) is 0 Å². The number of aryl methyl sites for hydroxylation is 1. The second-order valence-electron chi connectivity index (χ2n) is 4.26. The zero-order valence-electron chi connectivity index (χ0n) is 10.2. The van der Waals surface area contributed by atoms with Gasteiger partial charge in [-0.2, -0.15) is 0 Å². The molecule has 0 bridgehead atoms. The molecule has 1 saturated heterocycles. The van der Waals surface area contributed by atoms with Crippen molar-refractivity contribution in [2.24, 2.45) is 0 Å². The van der Waals surface area contributed by atoms with Crippen LogP contribution in [0.4, 0.5) is 0 Å². The standard InChI is InChI=1S/C13H18N2O2/c1-9-8-10(4-5-11(9)17-2)12-13(16)15-7-3-6-14-12/h4-5,8,12,14H,3,6-7H2,1-2H3,(H,15,16). The molecule has 0 saturated carbocycles. The van der Waals surface area contributed by atoms with Crippen LogP contribution in [-0.2, 0) is 4.79 Å². The van der Waals surface area contributed by atoms with Crippen LogP contribution >= 0.6 is 0 Å². The van der Waals surface area contributed by atoms with Gasteiger partial charge in [0.1, 0.15) is 11.8 Å². The summed E-state index contributed by atoms with van der Waals surface area (Å²) in [5, 5.41) is 6.17. The lowest BCUT2D eigenvalue weighted by Crippen LogP contribution is -2.33. The molecule has 1 aromatic rings. The van der Waals surface area contributed by atoms with E-state index in [9.17, 15) is 4.79 Å². The number of methoxy groups -OCH3 is 1. The number of carbonyl (C=O) groups is 1. The van der Waals surface area contributed by atoms with Crippen molar-refractivity contribution in [1.82, 2.24) is 10.6 Å². The van der Waals surface area contributed by atoms with Crippen molar-refractivity contribution in [3.63, 3.8) is 0 Å². The van der Waals surface area contributed by atoms with Crippen LogP contribution in [0.1, 0.15) is 23.6 Å². The van der Waals surface area contributed by atoms with Gasteiger partial charge in [-0.15, -0.1) is 0 Å². The first kappa shape index (κ1) is 11.9. The molecule has 4 nitrogen and oxygen atoms in total. The molecule has 0 radical (unpaired) electrons. The van der Waals surface area contributed by atoms with E-state index < -0.39 is 0 Å². The van der Waals surface area contributed by atoms with Gasteiger partial charge in [-0.3, -0.25) is 4.79 Å². The van der Waals surface area contributed by atoms with Gasteiger partial charge in [-0.25, -0.2) is 0 Å². The van der Waals surface area contributed by atoms with Gasteiger partial charge in [0.05, 0.1) is 7.11 Å². The number of nitrogens with one attached hydrogen (secondary N) is 2. The molecule has 1 aliphatic rings. The summed E-state index contributed by atoms with van der Waals surface area (Å²) in [6.07, 6.45) is 0.970. The molecule has 92 valence electrons. The van der Waals surface area contributed by atoms with Crippen LogP contribution < -0.4 is 15.4 Å². The highest BCUT2D eigenvalue weighted by atomic mass is 16.5. The third kappa shape index (κ3) is 2.58. The van der Waals surface area contributed by atoms with E-state index in [4.69, 9.17) is 4.74 Å². The van der Waals surface area contributed by atoms with E-state index in [-0.39, 0.29) is 11.9 Å². The molecule has 0 aliphatic carbocycles. The summed E-state index contributed by atoms with van der Waals surface area (Å²) in [4.78, 5) is 11.9. The number of rotatable bonds is 2. The molecule has 4 heteroatoms. The Morgan fingerprint density at radius 1 is 1.35 bits per heavy atom. The van der Waals surface area contributed by atoms with Gasteiger partial charge in [0.25, 0.3) is 0 Å². The van der Waals surface area contributed by atoms with E-state index >= 15 is 0 Å². The van der Waals surface area contributed by atoms with Gasteiger partial charge in [0.2, 0.25) is 5.91 Å². The quantitative estimate of drug-likeness (QED) is 0.807. The van der Waals surface area contributed by atoms with Gasteiger partial charge in [0.15, 0.2) is 0 Å². The minimum absolute atomic E-state index is 0.0482. The molecule has 1 heterocycles. The lowest BCUT2D eigenvalue weighted by molar-refractivity contribution is -0.122. The molecule has 1 aliphatic heterocycles. The Bertz CT molecular complexity index is 418. The van der Waals surface area contributed by atoms with E-state index in [1.54, 1.807) is 7.11 Å². The van der Waals surface area contributed by atoms with Crippen molar-refractivity contribution < 1.29 is 9.53 Å². The fourth-order valence-electron chi connectivity index (χ4n) is 2.09. The Morgan fingerprint density at radius 2 is 2.18 bits per heavy atom. The average molecular weight is 234 g/mol. The zero-order valence-corrected chi connectivity index (χ0v) is 10.2. The van der Waals surface area contributed by atoms with Crippen molar-refractivity contribution in [2.75, 3.05) is 20.2 Å². The van der Waals surface area contributed by atoms with Gasteiger partial charge in [-0.1, -0.05) is 12.1 Å². The maximum Gasteiger partial charge on any atom is 0.241 e. The number of hydrogen-bond donors (Lipinski definition) is 2. The minimum atomic E-state index is -0.248. The fourth-order valence-corrected chi connectivity index (χ4v) is 2.09. The Hall–Kier alpha value is -1.55. The molecule has 1 aromatic carbocycles. The summed E-state index contributed by atoms with van der Waals surface area (Å²) in [5.41, 5.74) is 2.03. The second kappa shape index (κ2) is 5.19. The summed E-state index contributed by atoms with van der Waals surface area (Å²) in [6, 6.07) is 5.60. The van der Waals surface area contributed by atoms with E-state index in [0.29, 0.717) is 0 Å². The van der Waals surface area contributed by atoms with Crippen molar-refractivity contribution in [3.8, 4) is 5.75 Å². The first-order chi connectivity index (χ1) is 8.22. The Kier molecular flexibility index (Phi) is 3.64. The first-order valence-electron chi connectivity index (χ1n) is 5.88. The van der Waals surface area contributed by atoms with E-state index in [2.05, 4.69) is 10.6 Å². The topological polar surface area (TPSA) is 50.4 Å². The summed E-state index contributed by atoms with van der Waals surface area (Å²) >= 11 is 0. The van der Waals surface area contributed by atoms with Crippen LogP contribution in [-0.4, -0.2) is 26.1 Å². The molecular weight excluding hydrogens is 216 g/mol. The Balaban J connectivity index is 2.26. The van der Waals surface area contributed by atoms with Crippen LogP contribution in [0.2, 0.25) is 0 Å². The van der Waals surface area contributed by atoms with Crippen LogP contribution in [0.3, 0.4) is 0 Å².